The van der Waals surface area contributed by atoms with Gasteiger partial charge in [-0.3, -0.25) is 0 Å². The maximum Gasteiger partial charge on any atom is 0.135 e. The Kier molecular flexibility index (Phi) is 5.87. The van der Waals surface area contributed by atoms with Crippen molar-refractivity contribution < 1.29 is 4.42 Å². The fraction of sp³-hybridized carbons (Fsp3) is 0.103. The highest BCUT2D eigenvalue weighted by atomic mass is 16.3. The number of aryl methyl sites for hydroxylation is 1. The molecule has 0 N–H and O–H groups in total. The van der Waals surface area contributed by atoms with E-state index in [1.165, 1.54) is 33.2 Å². The first-order valence-corrected chi connectivity index (χ1v) is 14.1. The predicted molar refractivity (Wildman–Crippen MR) is 172 cm³/mol. The van der Waals surface area contributed by atoms with Crippen molar-refractivity contribution in [3.05, 3.63) is 144 Å². The molecular weight excluding hydrogens is 498 g/mol. The van der Waals surface area contributed by atoms with E-state index in [1.807, 2.05) is 31.2 Å². The normalized spacial score (nSPS) is 13.4. The molecule has 198 valence electrons. The van der Waals surface area contributed by atoms with Gasteiger partial charge >= 0.3 is 0 Å². The van der Waals surface area contributed by atoms with Gasteiger partial charge in [-0.15, -0.1) is 0 Å². The van der Waals surface area contributed by atoms with Gasteiger partial charge in [0.25, 0.3) is 0 Å². The second-order valence-corrected chi connectivity index (χ2v) is 11.3. The monoisotopic (exact) mass is 529 g/mol. The summed E-state index contributed by atoms with van der Waals surface area (Å²) < 4.78 is 6.22. The summed E-state index contributed by atoms with van der Waals surface area (Å²) in [5, 5.41) is 1.18. The predicted octanol–water partition coefficient (Wildman–Crippen LogP) is 10.6. The minimum absolute atomic E-state index is 0.156. The SMILES string of the molecule is C=C/C=C\c1c(C)oc2ccc3c(c12)-c1ccc(-c2cc(-c4ccccc4)nc(-c4ccccc4)c2)cc1C3(C)C. The van der Waals surface area contributed by atoms with Gasteiger partial charge in [-0.2, -0.15) is 0 Å². The van der Waals surface area contributed by atoms with Crippen molar-refractivity contribution in [2.24, 2.45) is 0 Å². The van der Waals surface area contributed by atoms with Gasteiger partial charge in [0, 0.05) is 27.5 Å². The second kappa shape index (κ2) is 9.60. The molecule has 4 aromatic carbocycles. The Morgan fingerprint density at radius 1 is 0.707 bits per heavy atom. The third kappa shape index (κ3) is 4.06. The van der Waals surface area contributed by atoms with Crippen molar-refractivity contribution >= 4 is 17.0 Å². The standard InChI is InChI=1S/C39H31NO/c1-5-6-17-30-25(2)41-36-21-20-32-37(38(30)36)31-19-18-28(22-33(31)39(32,3)4)29-23-34(26-13-9-7-10-14-26)40-35(24-29)27-15-11-8-12-16-27/h5-24H,1H2,2-4H3/b17-6-. The van der Waals surface area contributed by atoms with Crippen molar-refractivity contribution in [1.82, 2.24) is 4.98 Å². The summed E-state index contributed by atoms with van der Waals surface area (Å²) in [4.78, 5) is 5.08. The van der Waals surface area contributed by atoms with Gasteiger partial charge in [-0.05, 0) is 64.6 Å². The minimum Gasteiger partial charge on any atom is -0.461 e. The summed E-state index contributed by atoms with van der Waals surface area (Å²) in [6.45, 7) is 10.6. The number of pyridine rings is 1. The molecule has 0 radical (unpaired) electrons. The lowest BCUT2D eigenvalue weighted by molar-refractivity contribution is 0.577. The maximum atomic E-state index is 6.22. The van der Waals surface area contributed by atoms with Crippen LogP contribution in [0.25, 0.3) is 61.8 Å². The Labute approximate surface area is 241 Å². The van der Waals surface area contributed by atoms with Crippen molar-refractivity contribution in [2.45, 2.75) is 26.2 Å². The summed E-state index contributed by atoms with van der Waals surface area (Å²) in [6.07, 6.45) is 5.91. The highest BCUT2D eigenvalue weighted by Gasteiger charge is 2.38. The number of fused-ring (bicyclic) bond motifs is 5. The van der Waals surface area contributed by atoms with Crippen LogP contribution in [-0.2, 0) is 5.41 Å². The number of benzene rings is 4. The summed E-state index contributed by atoms with van der Waals surface area (Å²) >= 11 is 0. The molecule has 2 aromatic heterocycles. The number of rotatable bonds is 5. The molecule has 0 amide bonds. The van der Waals surface area contributed by atoms with Crippen LogP contribution in [-0.4, -0.2) is 4.98 Å². The quantitative estimate of drug-likeness (QED) is 0.208. The van der Waals surface area contributed by atoms with Gasteiger partial charge < -0.3 is 4.42 Å². The summed E-state index contributed by atoms with van der Waals surface area (Å²) in [6, 6.07) is 36.6. The molecule has 0 spiro atoms. The third-order valence-electron chi connectivity index (χ3n) is 8.41. The topological polar surface area (TPSA) is 26.0 Å². The number of nitrogens with zero attached hydrogens (tertiary/aromatic N) is 1. The number of hydrogen-bond donors (Lipinski definition) is 0. The molecule has 0 saturated carbocycles. The molecule has 6 aromatic rings. The van der Waals surface area contributed by atoms with E-state index in [1.54, 1.807) is 0 Å². The molecule has 0 unspecified atom stereocenters. The van der Waals surface area contributed by atoms with Crippen LogP contribution >= 0.6 is 0 Å². The Hall–Kier alpha value is -4.95. The van der Waals surface area contributed by atoms with Crippen LogP contribution < -0.4 is 0 Å². The lowest BCUT2D eigenvalue weighted by Gasteiger charge is -2.22. The van der Waals surface area contributed by atoms with E-state index in [9.17, 15) is 0 Å². The molecular formula is C39H31NO. The van der Waals surface area contributed by atoms with Crippen molar-refractivity contribution in [3.63, 3.8) is 0 Å². The van der Waals surface area contributed by atoms with Crippen LogP contribution in [0.5, 0.6) is 0 Å². The van der Waals surface area contributed by atoms with Crippen LogP contribution in [0.4, 0.5) is 0 Å². The molecule has 41 heavy (non-hydrogen) atoms. The molecule has 2 nitrogen and oxygen atoms in total. The highest BCUT2D eigenvalue weighted by molar-refractivity contribution is 6.05. The fourth-order valence-corrected chi connectivity index (χ4v) is 6.31. The van der Waals surface area contributed by atoms with Gasteiger partial charge in [0.1, 0.15) is 11.3 Å². The zero-order valence-corrected chi connectivity index (χ0v) is 23.6. The Bertz CT molecular complexity index is 1920. The van der Waals surface area contributed by atoms with Gasteiger partial charge in [-0.25, -0.2) is 4.98 Å². The average Bonchev–Trinajstić information content (AvgIpc) is 3.45. The van der Waals surface area contributed by atoms with Crippen LogP contribution in [0.3, 0.4) is 0 Å². The first-order chi connectivity index (χ1) is 20.0. The summed E-state index contributed by atoms with van der Waals surface area (Å²) in [7, 11) is 0. The van der Waals surface area contributed by atoms with E-state index in [2.05, 4.69) is 117 Å². The Balaban J connectivity index is 1.43. The van der Waals surface area contributed by atoms with Crippen LogP contribution in [0.1, 0.15) is 36.3 Å². The number of aromatic nitrogens is 1. The minimum atomic E-state index is -0.156. The van der Waals surface area contributed by atoms with E-state index in [0.717, 1.165) is 45.0 Å². The van der Waals surface area contributed by atoms with Crippen LogP contribution in [0.15, 0.2) is 126 Å². The summed E-state index contributed by atoms with van der Waals surface area (Å²) in [5.74, 6) is 0.924. The van der Waals surface area contributed by atoms with E-state index in [4.69, 9.17) is 9.40 Å². The number of furan rings is 1. The van der Waals surface area contributed by atoms with Gasteiger partial charge in [0.15, 0.2) is 0 Å². The third-order valence-corrected chi connectivity index (χ3v) is 8.41. The molecule has 0 atom stereocenters. The van der Waals surface area contributed by atoms with Gasteiger partial charge in [-0.1, -0.05) is 118 Å². The highest BCUT2D eigenvalue weighted by Crippen LogP contribution is 2.53. The Morgan fingerprint density at radius 2 is 1.37 bits per heavy atom. The van der Waals surface area contributed by atoms with Crippen LogP contribution in [0, 0.1) is 6.92 Å². The van der Waals surface area contributed by atoms with Crippen LogP contribution in [0.2, 0.25) is 0 Å². The van der Waals surface area contributed by atoms with Gasteiger partial charge in [0.05, 0.1) is 11.4 Å². The molecule has 1 aliphatic rings. The van der Waals surface area contributed by atoms with Crippen molar-refractivity contribution in [1.29, 1.82) is 0 Å². The van der Waals surface area contributed by atoms with E-state index >= 15 is 0 Å². The molecule has 0 bridgehead atoms. The molecule has 2 heteroatoms. The maximum absolute atomic E-state index is 6.22. The van der Waals surface area contributed by atoms with Gasteiger partial charge in [0.2, 0.25) is 0 Å². The number of hydrogen-bond acceptors (Lipinski definition) is 2. The molecule has 0 aliphatic heterocycles. The van der Waals surface area contributed by atoms with E-state index in [0.29, 0.717) is 0 Å². The molecule has 0 fully saturated rings. The molecule has 0 saturated heterocycles. The zero-order valence-electron chi connectivity index (χ0n) is 23.6. The molecule has 1 aliphatic carbocycles. The fourth-order valence-electron chi connectivity index (χ4n) is 6.31. The average molecular weight is 530 g/mol. The van der Waals surface area contributed by atoms with E-state index in [-0.39, 0.29) is 5.41 Å². The molecule has 2 heterocycles. The van der Waals surface area contributed by atoms with Crippen molar-refractivity contribution in [3.8, 4) is 44.8 Å². The largest absolute Gasteiger partial charge is 0.461 e. The second-order valence-electron chi connectivity index (χ2n) is 11.3. The van der Waals surface area contributed by atoms with E-state index < -0.39 is 0 Å². The Morgan fingerprint density at radius 3 is 2.00 bits per heavy atom. The lowest BCUT2D eigenvalue weighted by atomic mass is 9.81. The number of allylic oxidation sites excluding steroid dienone is 2. The first-order valence-electron chi connectivity index (χ1n) is 14.1. The smallest absolute Gasteiger partial charge is 0.135 e. The molecule has 7 rings (SSSR count). The first kappa shape index (κ1) is 25.0. The lowest BCUT2D eigenvalue weighted by Crippen LogP contribution is -2.15. The van der Waals surface area contributed by atoms with Crippen molar-refractivity contribution in [2.75, 3.05) is 0 Å². The summed E-state index contributed by atoms with van der Waals surface area (Å²) in [5.41, 5.74) is 13.6. The zero-order chi connectivity index (χ0) is 28.1.